The standard InChI is InChI=1S/C35H24N2O/c38-35(29-21-31(25-13-5-1-6-14-25)36-32(22-29)26-15-7-2-8-16-26)30-23-33(27-17-9-3-10-18-27)37-34(24-30)28-19-11-4-12-20-28/h1-24H. The Hall–Kier alpha value is -5.15. The molecular weight excluding hydrogens is 464 g/mol. The summed E-state index contributed by atoms with van der Waals surface area (Å²) in [5, 5.41) is 0. The number of nitrogens with zero attached hydrogens (tertiary/aromatic N) is 2. The van der Waals surface area contributed by atoms with Crippen LogP contribution in [0.4, 0.5) is 0 Å². The first-order chi connectivity index (χ1) is 18.7. The molecule has 6 rings (SSSR count). The van der Waals surface area contributed by atoms with Crippen LogP contribution in [0.25, 0.3) is 45.0 Å². The molecule has 0 aliphatic rings. The van der Waals surface area contributed by atoms with Gasteiger partial charge in [-0.25, -0.2) is 9.97 Å². The van der Waals surface area contributed by atoms with E-state index >= 15 is 0 Å². The SMILES string of the molecule is O=C(c1cc(-c2ccccc2)nc(-c2ccccc2)c1)c1cc(-c2ccccc2)nc(-c2ccccc2)c1. The fourth-order valence-electron chi connectivity index (χ4n) is 4.52. The molecule has 0 saturated carbocycles. The van der Waals surface area contributed by atoms with Gasteiger partial charge in [0.1, 0.15) is 0 Å². The smallest absolute Gasteiger partial charge is 0.193 e. The predicted molar refractivity (Wildman–Crippen MR) is 154 cm³/mol. The van der Waals surface area contributed by atoms with Gasteiger partial charge in [0.2, 0.25) is 0 Å². The van der Waals surface area contributed by atoms with E-state index in [4.69, 9.17) is 9.97 Å². The average Bonchev–Trinajstić information content (AvgIpc) is 3.02. The maximum atomic E-state index is 14.1. The molecule has 0 radical (unpaired) electrons. The molecule has 0 aliphatic heterocycles. The zero-order chi connectivity index (χ0) is 25.7. The van der Waals surface area contributed by atoms with E-state index in [0.29, 0.717) is 11.1 Å². The van der Waals surface area contributed by atoms with Crippen LogP contribution in [0.15, 0.2) is 146 Å². The summed E-state index contributed by atoms with van der Waals surface area (Å²) < 4.78 is 0. The highest BCUT2D eigenvalue weighted by Gasteiger charge is 2.17. The minimum absolute atomic E-state index is 0.0708. The molecule has 38 heavy (non-hydrogen) atoms. The fraction of sp³-hybridized carbons (Fsp3) is 0. The van der Waals surface area contributed by atoms with Crippen molar-refractivity contribution in [2.75, 3.05) is 0 Å². The number of ketones is 1. The van der Waals surface area contributed by atoms with Crippen molar-refractivity contribution in [3.05, 3.63) is 157 Å². The van der Waals surface area contributed by atoms with E-state index in [2.05, 4.69) is 0 Å². The fourth-order valence-corrected chi connectivity index (χ4v) is 4.52. The van der Waals surface area contributed by atoms with E-state index < -0.39 is 0 Å². The number of carbonyl (C=O) groups is 1. The molecule has 0 saturated heterocycles. The van der Waals surface area contributed by atoms with Crippen molar-refractivity contribution in [1.82, 2.24) is 9.97 Å². The van der Waals surface area contributed by atoms with E-state index in [1.165, 1.54) is 0 Å². The van der Waals surface area contributed by atoms with Crippen LogP contribution < -0.4 is 0 Å². The van der Waals surface area contributed by atoms with Crippen LogP contribution in [-0.4, -0.2) is 15.8 Å². The number of pyridine rings is 2. The number of carbonyl (C=O) groups excluding carboxylic acids is 1. The summed E-state index contributed by atoms with van der Waals surface area (Å²) in [6.45, 7) is 0. The van der Waals surface area contributed by atoms with Gasteiger partial charge in [-0.05, 0) is 24.3 Å². The van der Waals surface area contributed by atoms with Crippen LogP contribution in [0.2, 0.25) is 0 Å². The highest BCUT2D eigenvalue weighted by Crippen LogP contribution is 2.29. The molecule has 4 aromatic carbocycles. The molecule has 180 valence electrons. The summed E-state index contributed by atoms with van der Waals surface area (Å²) in [5.74, 6) is -0.0708. The van der Waals surface area contributed by atoms with Crippen LogP contribution in [0.3, 0.4) is 0 Å². The van der Waals surface area contributed by atoms with Gasteiger partial charge in [0.15, 0.2) is 5.78 Å². The van der Waals surface area contributed by atoms with Crippen LogP contribution in [0, 0.1) is 0 Å². The monoisotopic (exact) mass is 488 g/mol. The van der Waals surface area contributed by atoms with E-state index in [0.717, 1.165) is 45.0 Å². The second-order valence-electron chi connectivity index (χ2n) is 9.05. The number of benzene rings is 4. The first-order valence-corrected chi connectivity index (χ1v) is 12.6. The molecule has 3 nitrogen and oxygen atoms in total. The quantitative estimate of drug-likeness (QED) is 0.221. The van der Waals surface area contributed by atoms with Crippen LogP contribution in [-0.2, 0) is 0 Å². The topological polar surface area (TPSA) is 42.9 Å². The Labute approximate surface area is 222 Å². The first kappa shape index (κ1) is 23.3. The molecule has 3 heteroatoms. The van der Waals surface area contributed by atoms with Gasteiger partial charge in [0.05, 0.1) is 22.8 Å². The van der Waals surface area contributed by atoms with E-state index in [9.17, 15) is 4.79 Å². The molecule has 0 atom stereocenters. The lowest BCUT2D eigenvalue weighted by molar-refractivity contribution is 0.103. The molecule has 2 aromatic heterocycles. The van der Waals surface area contributed by atoms with Crippen LogP contribution in [0.5, 0.6) is 0 Å². The predicted octanol–water partition coefficient (Wildman–Crippen LogP) is 8.38. The van der Waals surface area contributed by atoms with Crippen molar-refractivity contribution in [2.45, 2.75) is 0 Å². The lowest BCUT2D eigenvalue weighted by Gasteiger charge is -2.12. The highest BCUT2D eigenvalue weighted by molar-refractivity contribution is 6.11. The van der Waals surface area contributed by atoms with Crippen molar-refractivity contribution < 1.29 is 4.79 Å². The van der Waals surface area contributed by atoms with Gasteiger partial charge in [0.25, 0.3) is 0 Å². The molecule has 6 aromatic rings. The van der Waals surface area contributed by atoms with Gasteiger partial charge in [-0.2, -0.15) is 0 Å². The third-order valence-corrected chi connectivity index (χ3v) is 6.45. The van der Waals surface area contributed by atoms with Gasteiger partial charge in [-0.3, -0.25) is 4.79 Å². The Morgan fingerprint density at radius 1 is 0.368 bits per heavy atom. The number of aromatic nitrogens is 2. The molecule has 0 spiro atoms. The lowest BCUT2D eigenvalue weighted by atomic mass is 9.96. The van der Waals surface area contributed by atoms with Gasteiger partial charge in [0, 0.05) is 33.4 Å². The van der Waals surface area contributed by atoms with Gasteiger partial charge in [-0.1, -0.05) is 121 Å². The summed E-state index contributed by atoms with van der Waals surface area (Å²) >= 11 is 0. The molecule has 0 bridgehead atoms. The van der Waals surface area contributed by atoms with Crippen LogP contribution in [0.1, 0.15) is 15.9 Å². The molecule has 0 amide bonds. The van der Waals surface area contributed by atoms with E-state index in [1.54, 1.807) is 0 Å². The molecule has 0 fully saturated rings. The molecular formula is C35H24N2O. The maximum Gasteiger partial charge on any atom is 0.193 e. The second kappa shape index (κ2) is 10.5. The summed E-state index contributed by atoms with van der Waals surface area (Å²) in [7, 11) is 0. The normalized spacial score (nSPS) is 10.7. The van der Waals surface area contributed by atoms with Gasteiger partial charge in [-0.15, -0.1) is 0 Å². The summed E-state index contributed by atoms with van der Waals surface area (Å²) in [6.07, 6.45) is 0. The molecule has 0 unspecified atom stereocenters. The Morgan fingerprint density at radius 2 is 0.605 bits per heavy atom. The Morgan fingerprint density at radius 3 is 0.842 bits per heavy atom. The van der Waals surface area contributed by atoms with Gasteiger partial charge < -0.3 is 0 Å². The van der Waals surface area contributed by atoms with Crippen LogP contribution >= 0.6 is 0 Å². The molecule has 0 N–H and O–H groups in total. The van der Waals surface area contributed by atoms with Crippen molar-refractivity contribution in [3.63, 3.8) is 0 Å². The molecule has 0 aliphatic carbocycles. The zero-order valence-corrected chi connectivity index (χ0v) is 20.7. The Balaban J connectivity index is 1.51. The minimum Gasteiger partial charge on any atom is -0.289 e. The average molecular weight is 489 g/mol. The highest BCUT2D eigenvalue weighted by atomic mass is 16.1. The van der Waals surface area contributed by atoms with Crippen molar-refractivity contribution in [3.8, 4) is 45.0 Å². The molecule has 2 heterocycles. The number of rotatable bonds is 6. The number of hydrogen-bond acceptors (Lipinski definition) is 3. The minimum atomic E-state index is -0.0708. The van der Waals surface area contributed by atoms with Gasteiger partial charge >= 0.3 is 0 Å². The summed E-state index contributed by atoms with van der Waals surface area (Å²) in [5.41, 5.74) is 8.06. The lowest BCUT2D eigenvalue weighted by Crippen LogP contribution is -2.05. The second-order valence-corrected chi connectivity index (χ2v) is 9.05. The van der Waals surface area contributed by atoms with Crippen molar-refractivity contribution in [1.29, 1.82) is 0 Å². The van der Waals surface area contributed by atoms with Crippen molar-refractivity contribution >= 4 is 5.78 Å². The van der Waals surface area contributed by atoms with E-state index in [1.807, 2.05) is 146 Å². The number of hydrogen-bond donors (Lipinski definition) is 0. The third kappa shape index (κ3) is 4.91. The largest absolute Gasteiger partial charge is 0.289 e. The zero-order valence-electron chi connectivity index (χ0n) is 20.7. The maximum absolute atomic E-state index is 14.1. The third-order valence-electron chi connectivity index (χ3n) is 6.45. The van der Waals surface area contributed by atoms with Crippen molar-refractivity contribution in [2.24, 2.45) is 0 Å². The van der Waals surface area contributed by atoms with E-state index in [-0.39, 0.29) is 5.78 Å². The summed E-state index contributed by atoms with van der Waals surface area (Å²) in [6, 6.07) is 47.4. The Kier molecular flexibility index (Phi) is 6.40. The Bertz CT molecular complexity index is 1450. The first-order valence-electron chi connectivity index (χ1n) is 12.6. The summed E-state index contributed by atoms with van der Waals surface area (Å²) in [4.78, 5) is 24.0.